The van der Waals surface area contributed by atoms with Crippen LogP contribution in [0.4, 0.5) is 4.39 Å². The van der Waals surface area contributed by atoms with E-state index in [0.717, 1.165) is 6.07 Å². The largest absolute Gasteiger partial charge is 0.409 e. The number of halogens is 1. The Kier molecular flexibility index (Phi) is 4.84. The third-order valence-corrected chi connectivity index (χ3v) is 4.33. The molecule has 0 unspecified atom stereocenters. The van der Waals surface area contributed by atoms with E-state index in [1.807, 2.05) is 0 Å². The number of nitrogens with zero attached hydrogens (tertiary/aromatic N) is 1. The summed E-state index contributed by atoms with van der Waals surface area (Å²) < 4.78 is 39.1. The van der Waals surface area contributed by atoms with E-state index in [1.54, 1.807) is 0 Å². The summed E-state index contributed by atoms with van der Waals surface area (Å²) >= 11 is 0. The summed E-state index contributed by atoms with van der Waals surface area (Å²) in [6.07, 6.45) is 0. The Morgan fingerprint density at radius 2 is 2.16 bits per heavy atom. The van der Waals surface area contributed by atoms with Crippen molar-refractivity contribution in [2.75, 3.05) is 0 Å². The minimum absolute atomic E-state index is 0.150. The van der Waals surface area contributed by atoms with Crippen molar-refractivity contribution in [1.29, 1.82) is 0 Å². The van der Waals surface area contributed by atoms with Crippen molar-refractivity contribution in [2.24, 2.45) is 10.9 Å². The van der Waals surface area contributed by atoms with E-state index in [0.29, 0.717) is 0 Å². The number of rotatable bonds is 5. The van der Waals surface area contributed by atoms with Crippen LogP contribution in [0.25, 0.3) is 0 Å². The molecule has 8 heteroatoms. The van der Waals surface area contributed by atoms with Gasteiger partial charge in [-0.3, -0.25) is 0 Å². The summed E-state index contributed by atoms with van der Waals surface area (Å²) in [6.45, 7) is 2.91. The number of sulfonamides is 1. The Balaban J connectivity index is 2.88. The Bertz CT molecular complexity index is 585. The van der Waals surface area contributed by atoms with Crippen molar-refractivity contribution in [2.45, 2.75) is 25.6 Å². The molecular weight excluding hydrogens is 273 g/mol. The van der Waals surface area contributed by atoms with Crippen LogP contribution >= 0.6 is 0 Å². The standard InChI is InChI=1S/C11H16FN3O3S/c1-7(2)19(17,18)14-6-9-4-3-8(5-10(9)12)11(13)15-16/h3-5,7,14,16H,6H2,1-2H3,(H2,13,15). The summed E-state index contributed by atoms with van der Waals surface area (Å²) in [4.78, 5) is 0. The Hall–Kier alpha value is -1.67. The van der Waals surface area contributed by atoms with Crippen molar-refractivity contribution >= 4 is 15.9 Å². The third kappa shape index (κ3) is 3.90. The molecule has 6 nitrogen and oxygen atoms in total. The van der Waals surface area contributed by atoms with Crippen LogP contribution in [0.15, 0.2) is 23.4 Å². The van der Waals surface area contributed by atoms with Crippen LogP contribution in [-0.4, -0.2) is 24.7 Å². The number of oxime groups is 1. The third-order valence-electron chi connectivity index (χ3n) is 2.54. The summed E-state index contributed by atoms with van der Waals surface area (Å²) in [5, 5.41) is 10.6. The zero-order chi connectivity index (χ0) is 14.6. The molecule has 0 saturated heterocycles. The van der Waals surface area contributed by atoms with Gasteiger partial charge in [0.25, 0.3) is 0 Å². The van der Waals surface area contributed by atoms with Crippen LogP contribution < -0.4 is 10.5 Å². The topological polar surface area (TPSA) is 105 Å². The maximum atomic E-state index is 13.7. The average Bonchev–Trinajstić information content (AvgIpc) is 2.36. The van der Waals surface area contributed by atoms with E-state index in [2.05, 4.69) is 9.88 Å². The summed E-state index contributed by atoms with van der Waals surface area (Å²) in [5.74, 6) is -0.844. The van der Waals surface area contributed by atoms with Crippen molar-refractivity contribution in [3.63, 3.8) is 0 Å². The summed E-state index contributed by atoms with van der Waals surface area (Å²) in [5.41, 5.74) is 5.72. The number of amidine groups is 1. The first kappa shape index (κ1) is 15.4. The first-order chi connectivity index (χ1) is 8.77. The normalized spacial score (nSPS) is 12.9. The molecular formula is C11H16FN3O3S. The smallest absolute Gasteiger partial charge is 0.214 e. The van der Waals surface area contributed by atoms with Crippen molar-refractivity contribution in [3.8, 4) is 0 Å². The second-order valence-corrected chi connectivity index (χ2v) is 6.53. The lowest BCUT2D eigenvalue weighted by molar-refractivity contribution is 0.318. The zero-order valence-corrected chi connectivity index (χ0v) is 11.4. The second kappa shape index (κ2) is 5.98. The van der Waals surface area contributed by atoms with Crippen LogP contribution in [0.5, 0.6) is 0 Å². The number of hydrogen-bond acceptors (Lipinski definition) is 4. The molecule has 4 N–H and O–H groups in total. The van der Waals surface area contributed by atoms with Gasteiger partial charge in [-0.05, 0) is 19.9 Å². The molecule has 0 aliphatic heterocycles. The Morgan fingerprint density at radius 1 is 1.53 bits per heavy atom. The minimum atomic E-state index is -3.45. The average molecular weight is 289 g/mol. The predicted molar refractivity (Wildman–Crippen MR) is 69.8 cm³/mol. The fourth-order valence-corrected chi connectivity index (χ4v) is 1.94. The number of nitrogens with one attached hydrogen (secondary N) is 1. The van der Waals surface area contributed by atoms with Crippen LogP contribution in [0.2, 0.25) is 0 Å². The van der Waals surface area contributed by atoms with Crippen molar-refractivity contribution in [3.05, 3.63) is 35.1 Å². The first-order valence-electron chi connectivity index (χ1n) is 5.52. The molecule has 0 saturated carbocycles. The molecule has 0 aliphatic carbocycles. The molecule has 0 radical (unpaired) electrons. The first-order valence-corrected chi connectivity index (χ1v) is 7.07. The van der Waals surface area contributed by atoms with Gasteiger partial charge in [-0.1, -0.05) is 17.3 Å². The van der Waals surface area contributed by atoms with Gasteiger partial charge in [0.1, 0.15) is 5.82 Å². The van der Waals surface area contributed by atoms with Gasteiger partial charge in [0, 0.05) is 17.7 Å². The van der Waals surface area contributed by atoms with Gasteiger partial charge >= 0.3 is 0 Å². The molecule has 0 fully saturated rings. The van der Waals surface area contributed by atoms with Crippen LogP contribution in [0, 0.1) is 5.82 Å². The van der Waals surface area contributed by atoms with Crippen molar-refractivity contribution < 1.29 is 18.0 Å². The molecule has 0 heterocycles. The molecule has 0 amide bonds. The number of hydrogen-bond donors (Lipinski definition) is 3. The highest BCUT2D eigenvalue weighted by Gasteiger charge is 2.16. The highest BCUT2D eigenvalue weighted by Crippen LogP contribution is 2.11. The molecule has 0 spiro atoms. The maximum absolute atomic E-state index is 13.7. The van der Waals surface area contributed by atoms with Gasteiger partial charge in [0.05, 0.1) is 5.25 Å². The Morgan fingerprint density at radius 3 is 2.63 bits per heavy atom. The second-order valence-electron chi connectivity index (χ2n) is 4.21. The van der Waals surface area contributed by atoms with E-state index >= 15 is 0 Å². The highest BCUT2D eigenvalue weighted by molar-refractivity contribution is 7.90. The SMILES string of the molecule is CC(C)S(=O)(=O)NCc1ccc(C(N)=NO)cc1F. The summed E-state index contributed by atoms with van der Waals surface area (Å²) in [6, 6.07) is 3.90. The zero-order valence-electron chi connectivity index (χ0n) is 10.6. The lowest BCUT2D eigenvalue weighted by atomic mass is 10.1. The molecule has 0 atom stereocenters. The molecule has 19 heavy (non-hydrogen) atoms. The number of nitrogens with two attached hydrogens (primary N) is 1. The fraction of sp³-hybridized carbons (Fsp3) is 0.364. The lowest BCUT2D eigenvalue weighted by Gasteiger charge is -2.10. The predicted octanol–water partition coefficient (Wildman–Crippen LogP) is 0.748. The van der Waals surface area contributed by atoms with Gasteiger partial charge in [-0.15, -0.1) is 0 Å². The van der Waals surface area contributed by atoms with E-state index in [-0.39, 0.29) is 23.5 Å². The lowest BCUT2D eigenvalue weighted by Crippen LogP contribution is -2.30. The molecule has 1 rings (SSSR count). The molecule has 0 aliphatic rings. The Labute approximate surface area is 111 Å². The van der Waals surface area contributed by atoms with E-state index in [9.17, 15) is 12.8 Å². The van der Waals surface area contributed by atoms with Crippen molar-refractivity contribution in [1.82, 2.24) is 4.72 Å². The molecule has 0 aromatic heterocycles. The number of benzene rings is 1. The van der Waals surface area contributed by atoms with Crippen LogP contribution in [-0.2, 0) is 16.6 Å². The maximum Gasteiger partial charge on any atom is 0.214 e. The van der Waals surface area contributed by atoms with Gasteiger partial charge in [0.15, 0.2) is 5.84 Å². The molecule has 1 aromatic carbocycles. The quantitative estimate of drug-likeness (QED) is 0.322. The van der Waals surface area contributed by atoms with Crippen LogP contribution in [0.3, 0.4) is 0 Å². The van der Waals surface area contributed by atoms with E-state index in [4.69, 9.17) is 10.9 Å². The monoisotopic (exact) mass is 289 g/mol. The van der Waals surface area contributed by atoms with E-state index < -0.39 is 21.1 Å². The highest BCUT2D eigenvalue weighted by atomic mass is 32.2. The summed E-state index contributed by atoms with van der Waals surface area (Å²) in [7, 11) is -3.45. The van der Waals surface area contributed by atoms with Gasteiger partial charge in [0.2, 0.25) is 10.0 Å². The van der Waals surface area contributed by atoms with Gasteiger partial charge in [-0.25, -0.2) is 17.5 Å². The van der Waals surface area contributed by atoms with E-state index in [1.165, 1.54) is 26.0 Å². The molecule has 106 valence electrons. The molecule has 0 bridgehead atoms. The molecule has 1 aromatic rings. The van der Waals surface area contributed by atoms with Gasteiger partial charge in [-0.2, -0.15) is 0 Å². The van der Waals surface area contributed by atoms with Gasteiger partial charge < -0.3 is 10.9 Å². The van der Waals surface area contributed by atoms with Crippen LogP contribution in [0.1, 0.15) is 25.0 Å². The minimum Gasteiger partial charge on any atom is -0.409 e. The fourth-order valence-electron chi connectivity index (χ4n) is 1.25.